The number of thiophene rings is 1. The summed E-state index contributed by atoms with van der Waals surface area (Å²) in [5, 5.41) is 5.50. The number of hydrogen-bond acceptors (Lipinski definition) is 4. The summed E-state index contributed by atoms with van der Waals surface area (Å²) in [6.07, 6.45) is 1.83. The molecule has 0 aliphatic rings. The van der Waals surface area contributed by atoms with Crippen LogP contribution in [0, 0.1) is 0 Å². The zero-order valence-corrected chi connectivity index (χ0v) is 10.6. The Morgan fingerprint density at radius 3 is 3.00 bits per heavy atom. The molecule has 0 unspecified atom stereocenters. The monoisotopic (exact) mass is 250 g/mol. The standard InChI is InChI=1S/C12H14N2S2/c1-2-6-14-11(4-1)10-13-7-9-16-12-5-3-8-15-12/h1-6,8,13H,7,9-10H2. The van der Waals surface area contributed by atoms with E-state index >= 15 is 0 Å². The van der Waals surface area contributed by atoms with Crippen molar-refractivity contribution in [3.63, 3.8) is 0 Å². The van der Waals surface area contributed by atoms with Gasteiger partial charge in [-0.15, -0.1) is 23.1 Å². The Balaban J connectivity index is 1.59. The summed E-state index contributed by atoms with van der Waals surface area (Å²) in [7, 11) is 0. The number of hydrogen-bond donors (Lipinski definition) is 1. The number of nitrogens with one attached hydrogen (secondary N) is 1. The summed E-state index contributed by atoms with van der Waals surface area (Å²) in [4.78, 5) is 4.26. The minimum atomic E-state index is 0.853. The van der Waals surface area contributed by atoms with Crippen LogP contribution in [0.25, 0.3) is 0 Å². The molecule has 16 heavy (non-hydrogen) atoms. The highest BCUT2D eigenvalue weighted by Gasteiger charge is 1.95. The van der Waals surface area contributed by atoms with Crippen molar-refractivity contribution in [3.8, 4) is 0 Å². The minimum absolute atomic E-state index is 0.853. The van der Waals surface area contributed by atoms with E-state index in [4.69, 9.17) is 0 Å². The Kier molecular flexibility index (Phi) is 4.86. The second-order valence-electron chi connectivity index (χ2n) is 3.28. The average molecular weight is 250 g/mol. The Bertz CT molecular complexity index is 387. The quantitative estimate of drug-likeness (QED) is 0.630. The zero-order chi connectivity index (χ0) is 11.1. The normalized spacial score (nSPS) is 10.5. The van der Waals surface area contributed by atoms with Gasteiger partial charge in [0.25, 0.3) is 0 Å². The van der Waals surface area contributed by atoms with Crippen LogP contribution in [0.15, 0.2) is 46.1 Å². The lowest BCUT2D eigenvalue weighted by atomic mass is 10.3. The largest absolute Gasteiger partial charge is 0.310 e. The first-order chi connectivity index (χ1) is 7.95. The molecular weight excluding hydrogens is 236 g/mol. The van der Waals surface area contributed by atoms with Crippen molar-refractivity contribution in [1.29, 1.82) is 0 Å². The molecule has 0 aliphatic heterocycles. The fraction of sp³-hybridized carbons (Fsp3) is 0.250. The Morgan fingerprint density at radius 1 is 1.25 bits per heavy atom. The second kappa shape index (κ2) is 6.68. The van der Waals surface area contributed by atoms with Crippen LogP contribution in [0.4, 0.5) is 0 Å². The molecule has 0 saturated carbocycles. The third kappa shape index (κ3) is 3.96. The van der Waals surface area contributed by atoms with Gasteiger partial charge in [0.05, 0.1) is 9.90 Å². The molecule has 0 aromatic carbocycles. The number of rotatable bonds is 6. The van der Waals surface area contributed by atoms with E-state index in [1.54, 1.807) is 11.3 Å². The average Bonchev–Trinajstić information content (AvgIpc) is 2.83. The van der Waals surface area contributed by atoms with Crippen LogP contribution in [0.2, 0.25) is 0 Å². The lowest BCUT2D eigenvalue weighted by Gasteiger charge is -2.02. The van der Waals surface area contributed by atoms with Gasteiger partial charge in [0, 0.05) is 25.0 Å². The minimum Gasteiger partial charge on any atom is -0.310 e. The molecule has 2 heterocycles. The first-order valence-electron chi connectivity index (χ1n) is 5.22. The molecule has 4 heteroatoms. The van der Waals surface area contributed by atoms with Crippen molar-refractivity contribution < 1.29 is 0 Å². The molecule has 0 bridgehead atoms. The van der Waals surface area contributed by atoms with E-state index < -0.39 is 0 Å². The van der Waals surface area contributed by atoms with Crippen molar-refractivity contribution in [3.05, 3.63) is 47.6 Å². The highest BCUT2D eigenvalue weighted by molar-refractivity contribution is 8.01. The van der Waals surface area contributed by atoms with Gasteiger partial charge in [-0.2, -0.15) is 0 Å². The predicted octanol–water partition coefficient (Wildman–Crippen LogP) is 3.03. The zero-order valence-electron chi connectivity index (χ0n) is 8.93. The van der Waals surface area contributed by atoms with Gasteiger partial charge in [0.2, 0.25) is 0 Å². The lowest BCUT2D eigenvalue weighted by molar-refractivity contribution is 0.715. The second-order valence-corrected chi connectivity index (χ2v) is 5.62. The van der Waals surface area contributed by atoms with Crippen LogP contribution in [-0.4, -0.2) is 17.3 Å². The number of nitrogens with zero attached hydrogens (tertiary/aromatic N) is 1. The van der Waals surface area contributed by atoms with Crippen LogP contribution in [0.5, 0.6) is 0 Å². The molecule has 2 aromatic heterocycles. The van der Waals surface area contributed by atoms with E-state index in [9.17, 15) is 0 Å². The molecule has 2 rings (SSSR count). The van der Waals surface area contributed by atoms with Gasteiger partial charge in [-0.05, 0) is 23.6 Å². The van der Waals surface area contributed by atoms with Gasteiger partial charge in [-0.1, -0.05) is 12.1 Å². The summed E-state index contributed by atoms with van der Waals surface area (Å²) in [5.41, 5.74) is 1.10. The van der Waals surface area contributed by atoms with E-state index in [1.807, 2.05) is 36.2 Å². The summed E-state index contributed by atoms with van der Waals surface area (Å²) >= 11 is 3.70. The number of aromatic nitrogens is 1. The summed E-state index contributed by atoms with van der Waals surface area (Å²) in [6, 6.07) is 10.3. The third-order valence-electron chi connectivity index (χ3n) is 2.05. The Morgan fingerprint density at radius 2 is 2.25 bits per heavy atom. The summed E-state index contributed by atoms with van der Waals surface area (Å²) < 4.78 is 1.39. The van der Waals surface area contributed by atoms with Gasteiger partial charge < -0.3 is 5.32 Å². The molecule has 0 aliphatic carbocycles. The van der Waals surface area contributed by atoms with Crippen LogP contribution < -0.4 is 5.32 Å². The van der Waals surface area contributed by atoms with Crippen LogP contribution in [0.1, 0.15) is 5.69 Å². The van der Waals surface area contributed by atoms with Crippen molar-refractivity contribution in [1.82, 2.24) is 10.3 Å². The summed E-state index contributed by atoms with van der Waals surface area (Å²) in [5.74, 6) is 1.10. The van der Waals surface area contributed by atoms with Gasteiger partial charge >= 0.3 is 0 Å². The van der Waals surface area contributed by atoms with Crippen molar-refractivity contribution >= 4 is 23.1 Å². The van der Waals surface area contributed by atoms with E-state index in [0.29, 0.717) is 0 Å². The third-order valence-corrected chi connectivity index (χ3v) is 4.18. The summed E-state index contributed by atoms with van der Waals surface area (Å²) in [6.45, 7) is 1.87. The van der Waals surface area contributed by atoms with Crippen LogP contribution >= 0.6 is 23.1 Å². The molecule has 84 valence electrons. The smallest absolute Gasteiger partial charge is 0.0598 e. The fourth-order valence-electron chi connectivity index (χ4n) is 1.29. The van der Waals surface area contributed by atoms with E-state index in [1.165, 1.54) is 4.21 Å². The van der Waals surface area contributed by atoms with Crippen molar-refractivity contribution in [2.45, 2.75) is 10.8 Å². The van der Waals surface area contributed by atoms with Crippen molar-refractivity contribution in [2.75, 3.05) is 12.3 Å². The highest BCUT2D eigenvalue weighted by atomic mass is 32.2. The van der Waals surface area contributed by atoms with Gasteiger partial charge in [0.15, 0.2) is 0 Å². The molecule has 0 fully saturated rings. The SMILES string of the molecule is c1ccc(CNCCSc2cccs2)nc1. The van der Waals surface area contributed by atoms with Crippen molar-refractivity contribution in [2.24, 2.45) is 0 Å². The molecule has 0 atom stereocenters. The van der Waals surface area contributed by atoms with E-state index in [2.05, 4.69) is 27.8 Å². The topological polar surface area (TPSA) is 24.9 Å². The molecular formula is C12H14N2S2. The molecule has 2 nitrogen and oxygen atoms in total. The van der Waals surface area contributed by atoms with Gasteiger partial charge in [-0.3, -0.25) is 4.98 Å². The Labute approximate surface area is 104 Å². The Hall–Kier alpha value is -0.840. The molecule has 0 saturated heterocycles. The first-order valence-corrected chi connectivity index (χ1v) is 7.08. The maximum atomic E-state index is 4.26. The lowest BCUT2D eigenvalue weighted by Crippen LogP contribution is -2.17. The maximum Gasteiger partial charge on any atom is 0.0598 e. The number of pyridine rings is 1. The van der Waals surface area contributed by atoms with Gasteiger partial charge in [-0.25, -0.2) is 0 Å². The highest BCUT2D eigenvalue weighted by Crippen LogP contribution is 2.22. The predicted molar refractivity (Wildman–Crippen MR) is 71.0 cm³/mol. The molecule has 0 spiro atoms. The number of thioether (sulfide) groups is 1. The first kappa shape index (κ1) is 11.6. The van der Waals surface area contributed by atoms with Crippen LogP contribution in [0.3, 0.4) is 0 Å². The van der Waals surface area contributed by atoms with Gasteiger partial charge in [0.1, 0.15) is 0 Å². The molecule has 0 amide bonds. The molecule has 2 aromatic rings. The van der Waals surface area contributed by atoms with Crippen LogP contribution in [-0.2, 0) is 6.54 Å². The maximum absolute atomic E-state index is 4.26. The molecule has 0 radical (unpaired) electrons. The fourth-order valence-corrected chi connectivity index (χ4v) is 3.05. The van der Waals surface area contributed by atoms with E-state index in [0.717, 1.165) is 24.5 Å². The van der Waals surface area contributed by atoms with E-state index in [-0.39, 0.29) is 0 Å². The molecule has 1 N–H and O–H groups in total.